The van der Waals surface area contributed by atoms with Crippen molar-refractivity contribution in [1.82, 2.24) is 10.0 Å². The van der Waals surface area contributed by atoms with Gasteiger partial charge < -0.3 is 11.1 Å². The summed E-state index contributed by atoms with van der Waals surface area (Å²) in [5.74, 6) is -0.342. The molecule has 1 atom stereocenters. The zero-order valence-corrected chi connectivity index (χ0v) is 16.5. The molecule has 7 heteroatoms. The molecule has 0 aromatic heterocycles. The summed E-state index contributed by atoms with van der Waals surface area (Å²) in [6.07, 6.45) is 8.43. The van der Waals surface area contributed by atoms with Gasteiger partial charge in [0.2, 0.25) is 15.9 Å². The van der Waals surface area contributed by atoms with Crippen LogP contribution in [0.1, 0.15) is 78.6 Å². The number of hydrogen-bond donors (Lipinski definition) is 3. The topological polar surface area (TPSA) is 101 Å². The van der Waals surface area contributed by atoms with Crippen LogP contribution in [-0.2, 0) is 14.8 Å². The average Bonchev–Trinajstić information content (AvgIpc) is 2.55. The summed E-state index contributed by atoms with van der Waals surface area (Å²) >= 11 is 0. The van der Waals surface area contributed by atoms with Gasteiger partial charge in [0.05, 0.1) is 11.3 Å². The first kappa shape index (κ1) is 23.3. The second-order valence-electron chi connectivity index (χ2n) is 6.68. The molecule has 0 fully saturated rings. The molecule has 0 spiro atoms. The molecule has 0 heterocycles. The summed E-state index contributed by atoms with van der Waals surface area (Å²) in [6, 6.07) is 0. The summed E-state index contributed by atoms with van der Waals surface area (Å²) in [4.78, 5) is 11.6. The number of nitrogens with two attached hydrogens (primary N) is 1. The predicted molar refractivity (Wildman–Crippen MR) is 100 cm³/mol. The van der Waals surface area contributed by atoms with Gasteiger partial charge in [-0.2, -0.15) is 0 Å². The minimum absolute atomic E-state index is 0.222. The molecule has 0 aliphatic rings. The Hall–Kier alpha value is -0.660. The number of carbonyl (C=O) groups excluding carboxylic acids is 1. The van der Waals surface area contributed by atoms with E-state index in [1.807, 2.05) is 6.92 Å². The quantitative estimate of drug-likeness (QED) is 0.389. The number of nitrogens with one attached hydrogen (secondary N) is 2. The summed E-state index contributed by atoms with van der Waals surface area (Å²) < 4.78 is 27.2. The van der Waals surface area contributed by atoms with Gasteiger partial charge in [0.1, 0.15) is 0 Å². The van der Waals surface area contributed by atoms with Crippen LogP contribution in [0.5, 0.6) is 0 Å². The molecule has 1 amide bonds. The Bertz CT molecular complexity index is 440. The molecular formula is C17H37N3O3S. The molecule has 0 rings (SSSR count). The lowest BCUT2D eigenvalue weighted by Crippen LogP contribution is -2.47. The van der Waals surface area contributed by atoms with E-state index in [0.717, 1.165) is 44.9 Å². The van der Waals surface area contributed by atoms with E-state index in [-0.39, 0.29) is 12.5 Å². The van der Waals surface area contributed by atoms with Crippen LogP contribution in [0.15, 0.2) is 0 Å². The molecule has 0 bridgehead atoms. The zero-order chi connectivity index (χ0) is 18.5. The van der Waals surface area contributed by atoms with Crippen molar-refractivity contribution in [2.45, 2.75) is 83.3 Å². The van der Waals surface area contributed by atoms with Crippen LogP contribution >= 0.6 is 0 Å². The second kappa shape index (κ2) is 12.7. The van der Waals surface area contributed by atoms with Gasteiger partial charge in [-0.1, -0.05) is 58.8 Å². The zero-order valence-electron chi connectivity index (χ0n) is 15.7. The molecular weight excluding hydrogens is 326 g/mol. The van der Waals surface area contributed by atoms with Gasteiger partial charge in [0.25, 0.3) is 0 Å². The van der Waals surface area contributed by atoms with Gasteiger partial charge in [-0.05, 0) is 19.8 Å². The summed E-state index contributed by atoms with van der Waals surface area (Å²) in [5, 5.41) is 2.58. The van der Waals surface area contributed by atoms with Crippen LogP contribution in [0, 0.1) is 0 Å². The van der Waals surface area contributed by atoms with E-state index in [2.05, 4.69) is 23.9 Å². The van der Waals surface area contributed by atoms with Gasteiger partial charge in [-0.25, -0.2) is 13.1 Å². The van der Waals surface area contributed by atoms with Gasteiger partial charge in [0, 0.05) is 13.1 Å². The van der Waals surface area contributed by atoms with E-state index in [9.17, 15) is 13.2 Å². The smallest absolute Gasteiger partial charge is 0.235 e. The predicted octanol–water partition coefficient (Wildman–Crippen LogP) is 2.29. The van der Waals surface area contributed by atoms with Crippen molar-refractivity contribution in [3.8, 4) is 0 Å². The van der Waals surface area contributed by atoms with Crippen molar-refractivity contribution in [3.05, 3.63) is 0 Å². The lowest BCUT2D eigenvalue weighted by Gasteiger charge is -2.29. The third-order valence-corrected chi connectivity index (χ3v) is 6.64. The second-order valence-corrected chi connectivity index (χ2v) is 8.96. The lowest BCUT2D eigenvalue weighted by molar-refractivity contribution is -0.119. The molecule has 24 heavy (non-hydrogen) atoms. The van der Waals surface area contributed by atoms with Crippen LogP contribution < -0.4 is 15.8 Å². The highest BCUT2D eigenvalue weighted by atomic mass is 32.2. The van der Waals surface area contributed by atoms with Crippen LogP contribution in [0.4, 0.5) is 0 Å². The van der Waals surface area contributed by atoms with Gasteiger partial charge in [-0.3, -0.25) is 4.79 Å². The van der Waals surface area contributed by atoms with Crippen molar-refractivity contribution in [2.75, 3.05) is 19.6 Å². The van der Waals surface area contributed by atoms with E-state index in [1.165, 1.54) is 0 Å². The fourth-order valence-electron chi connectivity index (χ4n) is 2.68. The van der Waals surface area contributed by atoms with Crippen molar-refractivity contribution in [2.24, 2.45) is 5.73 Å². The van der Waals surface area contributed by atoms with E-state index >= 15 is 0 Å². The maximum Gasteiger partial charge on any atom is 0.235 e. The van der Waals surface area contributed by atoms with E-state index in [1.54, 1.807) is 0 Å². The van der Waals surface area contributed by atoms with Crippen LogP contribution in [-0.4, -0.2) is 38.7 Å². The van der Waals surface area contributed by atoms with Crippen molar-refractivity contribution >= 4 is 15.9 Å². The number of carbonyl (C=O) groups is 1. The lowest BCUT2D eigenvalue weighted by atomic mass is 9.95. The third-order valence-electron chi connectivity index (χ3n) is 4.41. The number of hydrogen-bond acceptors (Lipinski definition) is 4. The highest BCUT2D eigenvalue weighted by Gasteiger charge is 2.38. The highest BCUT2D eigenvalue weighted by Crippen LogP contribution is 2.30. The van der Waals surface area contributed by atoms with Crippen molar-refractivity contribution in [3.63, 3.8) is 0 Å². The Morgan fingerprint density at radius 3 is 2.08 bits per heavy atom. The van der Waals surface area contributed by atoms with Crippen LogP contribution in [0.3, 0.4) is 0 Å². The number of rotatable bonds is 15. The molecule has 0 aliphatic heterocycles. The molecule has 0 saturated carbocycles. The Balaban J connectivity index is 4.77. The summed E-state index contributed by atoms with van der Waals surface area (Å²) in [7, 11) is -3.55. The molecule has 4 N–H and O–H groups in total. The summed E-state index contributed by atoms with van der Waals surface area (Å²) in [5.41, 5.74) is 5.32. The van der Waals surface area contributed by atoms with Crippen molar-refractivity contribution < 1.29 is 13.2 Å². The molecule has 144 valence electrons. The largest absolute Gasteiger partial charge is 0.354 e. The Kier molecular flexibility index (Phi) is 12.3. The maximum absolute atomic E-state index is 12.8. The van der Waals surface area contributed by atoms with E-state index in [0.29, 0.717) is 25.9 Å². The molecule has 0 aromatic rings. The SMILES string of the molecule is CCCCCCC(C)(CCCCC)S(=O)(=O)NCC(=O)NCCN. The van der Waals surface area contributed by atoms with E-state index < -0.39 is 14.8 Å². The first-order valence-corrected chi connectivity index (χ1v) is 10.8. The molecule has 0 aliphatic carbocycles. The highest BCUT2D eigenvalue weighted by molar-refractivity contribution is 7.90. The maximum atomic E-state index is 12.8. The molecule has 1 unspecified atom stereocenters. The molecule has 6 nitrogen and oxygen atoms in total. The van der Waals surface area contributed by atoms with Crippen molar-refractivity contribution in [1.29, 1.82) is 0 Å². The minimum atomic E-state index is -3.55. The third kappa shape index (κ3) is 8.99. The Labute approximate surface area is 148 Å². The standard InChI is InChI=1S/C17H37N3O3S/c1-4-6-8-10-12-17(3,11-9-7-5-2)24(22,23)20-15-16(21)19-14-13-18/h20H,4-15,18H2,1-3H3,(H,19,21). The van der Waals surface area contributed by atoms with Gasteiger partial charge in [0.15, 0.2) is 0 Å². The Morgan fingerprint density at radius 2 is 1.54 bits per heavy atom. The molecule has 0 saturated heterocycles. The first-order valence-electron chi connectivity index (χ1n) is 9.29. The minimum Gasteiger partial charge on any atom is -0.354 e. The number of unbranched alkanes of at least 4 members (excludes halogenated alkanes) is 5. The first-order chi connectivity index (χ1) is 11.3. The van der Waals surface area contributed by atoms with E-state index in [4.69, 9.17) is 5.73 Å². The van der Waals surface area contributed by atoms with Crippen LogP contribution in [0.2, 0.25) is 0 Å². The Morgan fingerprint density at radius 1 is 1.00 bits per heavy atom. The monoisotopic (exact) mass is 363 g/mol. The molecule has 0 aromatic carbocycles. The van der Waals surface area contributed by atoms with Crippen LogP contribution in [0.25, 0.3) is 0 Å². The number of sulfonamides is 1. The average molecular weight is 364 g/mol. The summed E-state index contributed by atoms with van der Waals surface area (Å²) in [6.45, 7) is 6.53. The fraction of sp³-hybridized carbons (Fsp3) is 0.941. The number of amides is 1. The molecule has 0 radical (unpaired) electrons. The fourth-order valence-corrected chi connectivity index (χ4v) is 4.17. The normalized spacial score (nSPS) is 14.3. The van der Waals surface area contributed by atoms with Gasteiger partial charge in [-0.15, -0.1) is 0 Å². The van der Waals surface area contributed by atoms with Gasteiger partial charge >= 0.3 is 0 Å².